The van der Waals surface area contributed by atoms with E-state index in [-0.39, 0.29) is 17.7 Å². The number of hydrogen-bond acceptors (Lipinski definition) is 2. The third-order valence-electron chi connectivity index (χ3n) is 3.31. The molecule has 1 aromatic carbocycles. The van der Waals surface area contributed by atoms with Crippen LogP contribution in [0.4, 0.5) is 8.78 Å². The summed E-state index contributed by atoms with van der Waals surface area (Å²) < 4.78 is 32.5. The van der Waals surface area contributed by atoms with Crippen molar-refractivity contribution < 1.29 is 23.4 Å². The summed E-state index contributed by atoms with van der Waals surface area (Å²) in [5.74, 6) is -3.96. The summed E-state index contributed by atoms with van der Waals surface area (Å²) in [5, 5.41) is 9.01. The van der Waals surface area contributed by atoms with E-state index in [2.05, 4.69) is 0 Å². The number of aryl methyl sites for hydroxylation is 1. The highest BCUT2D eigenvalue weighted by atomic mass is 19.3. The van der Waals surface area contributed by atoms with E-state index in [1.807, 2.05) is 0 Å². The number of rotatable bonds is 5. The van der Waals surface area contributed by atoms with Crippen molar-refractivity contribution in [1.82, 2.24) is 0 Å². The average molecular weight is 286 g/mol. The zero-order valence-corrected chi connectivity index (χ0v) is 12.4. The molecule has 1 rings (SSSR count). The molecule has 0 atom stereocenters. The van der Waals surface area contributed by atoms with Gasteiger partial charge >= 0.3 is 5.97 Å². The zero-order valence-electron chi connectivity index (χ0n) is 12.4. The van der Waals surface area contributed by atoms with E-state index in [1.54, 1.807) is 26.8 Å². The second-order valence-electron chi connectivity index (χ2n) is 5.68. The van der Waals surface area contributed by atoms with Crippen molar-refractivity contribution in [2.45, 2.75) is 45.5 Å². The van der Waals surface area contributed by atoms with Crippen LogP contribution in [-0.2, 0) is 16.1 Å². The Morgan fingerprint density at radius 3 is 2.25 bits per heavy atom. The number of alkyl halides is 2. The highest BCUT2D eigenvalue weighted by Gasteiger charge is 2.35. The van der Waals surface area contributed by atoms with Crippen LogP contribution in [0.2, 0.25) is 0 Å². The Labute approximate surface area is 117 Å². The van der Waals surface area contributed by atoms with Gasteiger partial charge in [-0.25, -0.2) is 8.78 Å². The molecule has 0 unspecified atom stereocenters. The van der Waals surface area contributed by atoms with Crippen LogP contribution < -0.4 is 4.74 Å². The minimum Gasteiger partial charge on any atom is -0.496 e. The van der Waals surface area contributed by atoms with Crippen molar-refractivity contribution in [3.05, 3.63) is 28.8 Å². The Morgan fingerprint density at radius 2 is 1.85 bits per heavy atom. The molecule has 0 aliphatic rings. The molecule has 1 N–H and O–H groups in total. The molecule has 1 aromatic rings. The molecular weight excluding hydrogens is 266 g/mol. The second kappa shape index (κ2) is 5.38. The van der Waals surface area contributed by atoms with Crippen LogP contribution in [0.1, 0.15) is 43.9 Å². The van der Waals surface area contributed by atoms with Gasteiger partial charge in [0.05, 0.1) is 19.1 Å². The van der Waals surface area contributed by atoms with Crippen LogP contribution in [0.15, 0.2) is 12.1 Å². The maximum absolute atomic E-state index is 13.7. The van der Waals surface area contributed by atoms with Gasteiger partial charge in [-0.3, -0.25) is 4.79 Å². The van der Waals surface area contributed by atoms with Crippen molar-refractivity contribution in [2.24, 2.45) is 0 Å². The number of aliphatic carboxylic acids is 1. The summed E-state index contributed by atoms with van der Waals surface area (Å²) in [4.78, 5) is 11.0. The van der Waals surface area contributed by atoms with Gasteiger partial charge in [-0.2, -0.15) is 0 Å². The Balaban J connectivity index is 3.57. The number of methoxy groups -OCH3 is 1. The topological polar surface area (TPSA) is 46.5 Å². The van der Waals surface area contributed by atoms with E-state index in [9.17, 15) is 13.6 Å². The molecule has 0 amide bonds. The molecule has 0 aliphatic carbocycles. The van der Waals surface area contributed by atoms with Gasteiger partial charge in [0, 0.05) is 17.9 Å². The number of ether oxygens (including phenoxy) is 1. The lowest BCUT2D eigenvalue weighted by molar-refractivity contribution is -0.138. The number of halogens is 2. The summed E-state index contributed by atoms with van der Waals surface area (Å²) in [5.41, 5.74) is 0.226. The van der Waals surface area contributed by atoms with Gasteiger partial charge in [0.1, 0.15) is 5.75 Å². The van der Waals surface area contributed by atoms with Gasteiger partial charge in [-0.15, -0.1) is 0 Å². The highest BCUT2D eigenvalue weighted by Crippen LogP contribution is 2.43. The zero-order chi connectivity index (χ0) is 15.7. The molecule has 112 valence electrons. The maximum Gasteiger partial charge on any atom is 0.304 e. The summed E-state index contributed by atoms with van der Waals surface area (Å²) in [7, 11) is 1.32. The fourth-order valence-corrected chi connectivity index (χ4v) is 2.55. The standard InChI is InChI=1S/C15H20F2O3/c1-9-6-7-10(15(4,16)17)13(20-5)12(9)14(2,3)8-11(18)19/h6-7H,8H2,1-5H3,(H,18,19). The molecule has 0 aromatic heterocycles. The quantitative estimate of drug-likeness (QED) is 0.893. The first kappa shape index (κ1) is 16.4. The first-order valence-electron chi connectivity index (χ1n) is 6.29. The van der Waals surface area contributed by atoms with E-state index >= 15 is 0 Å². The Hall–Kier alpha value is -1.65. The third kappa shape index (κ3) is 3.26. The molecule has 0 saturated heterocycles. The summed E-state index contributed by atoms with van der Waals surface area (Å²) in [6, 6.07) is 2.91. The minimum atomic E-state index is -3.05. The number of benzene rings is 1. The van der Waals surface area contributed by atoms with Crippen LogP contribution in [0.3, 0.4) is 0 Å². The van der Waals surface area contributed by atoms with Gasteiger partial charge in [0.25, 0.3) is 5.92 Å². The average Bonchev–Trinajstić information content (AvgIpc) is 2.24. The summed E-state index contributed by atoms with van der Waals surface area (Å²) in [6.07, 6.45) is -0.164. The van der Waals surface area contributed by atoms with Crippen LogP contribution in [0.5, 0.6) is 5.75 Å². The lowest BCUT2D eigenvalue weighted by Crippen LogP contribution is -2.25. The van der Waals surface area contributed by atoms with Gasteiger partial charge in [-0.1, -0.05) is 19.9 Å². The Morgan fingerprint density at radius 1 is 1.30 bits per heavy atom. The molecule has 5 heteroatoms. The maximum atomic E-state index is 13.7. The van der Waals surface area contributed by atoms with Crippen LogP contribution in [0.25, 0.3) is 0 Å². The number of hydrogen-bond donors (Lipinski definition) is 1. The Kier molecular flexibility index (Phi) is 4.42. The van der Waals surface area contributed by atoms with Crippen molar-refractivity contribution in [2.75, 3.05) is 7.11 Å². The van der Waals surface area contributed by atoms with Crippen molar-refractivity contribution >= 4 is 5.97 Å². The molecule has 0 radical (unpaired) electrons. The highest BCUT2D eigenvalue weighted by molar-refractivity contribution is 5.70. The smallest absolute Gasteiger partial charge is 0.304 e. The molecule has 0 heterocycles. The fourth-order valence-electron chi connectivity index (χ4n) is 2.55. The number of carboxylic acids is 1. The molecule has 3 nitrogen and oxygen atoms in total. The van der Waals surface area contributed by atoms with Gasteiger partial charge in [0.2, 0.25) is 0 Å². The van der Waals surface area contributed by atoms with Crippen molar-refractivity contribution in [3.8, 4) is 5.75 Å². The summed E-state index contributed by atoms with van der Waals surface area (Å²) >= 11 is 0. The van der Waals surface area contributed by atoms with Gasteiger partial charge in [0.15, 0.2) is 0 Å². The van der Waals surface area contributed by atoms with E-state index < -0.39 is 17.3 Å². The Bertz CT molecular complexity index is 517. The van der Waals surface area contributed by atoms with Crippen LogP contribution in [-0.4, -0.2) is 18.2 Å². The first-order valence-corrected chi connectivity index (χ1v) is 6.29. The summed E-state index contributed by atoms with van der Waals surface area (Å²) in [6.45, 7) is 5.99. The monoisotopic (exact) mass is 286 g/mol. The molecule has 0 saturated carbocycles. The van der Waals surface area contributed by atoms with Crippen LogP contribution >= 0.6 is 0 Å². The third-order valence-corrected chi connectivity index (χ3v) is 3.31. The first-order chi connectivity index (χ1) is 9.00. The lowest BCUT2D eigenvalue weighted by Gasteiger charge is -2.29. The minimum absolute atomic E-state index is 0.0729. The van der Waals surface area contributed by atoms with Crippen molar-refractivity contribution in [1.29, 1.82) is 0 Å². The number of carbonyl (C=O) groups is 1. The SMILES string of the molecule is COc1c(C(C)(F)F)ccc(C)c1C(C)(C)CC(=O)O. The largest absolute Gasteiger partial charge is 0.496 e. The van der Waals surface area contributed by atoms with Crippen molar-refractivity contribution in [3.63, 3.8) is 0 Å². The van der Waals surface area contributed by atoms with Gasteiger partial charge in [-0.05, 0) is 18.6 Å². The van der Waals surface area contributed by atoms with Gasteiger partial charge < -0.3 is 9.84 Å². The number of carboxylic acid groups (broad SMARTS) is 1. The van der Waals surface area contributed by atoms with E-state index in [4.69, 9.17) is 9.84 Å². The molecule has 20 heavy (non-hydrogen) atoms. The molecule has 0 fully saturated rings. The molecule has 0 spiro atoms. The van der Waals surface area contributed by atoms with E-state index in [0.717, 1.165) is 12.5 Å². The predicted molar refractivity (Wildman–Crippen MR) is 72.6 cm³/mol. The lowest BCUT2D eigenvalue weighted by atomic mass is 9.77. The fraction of sp³-hybridized carbons (Fsp3) is 0.533. The predicted octanol–water partition coefficient (Wildman–Crippen LogP) is 3.87. The van der Waals surface area contributed by atoms with Crippen LogP contribution in [0, 0.1) is 6.92 Å². The second-order valence-corrected chi connectivity index (χ2v) is 5.68. The molecule has 0 aliphatic heterocycles. The molecular formula is C15H20F2O3. The van der Waals surface area contributed by atoms with E-state index in [1.165, 1.54) is 13.2 Å². The van der Waals surface area contributed by atoms with E-state index in [0.29, 0.717) is 5.56 Å². The molecule has 0 bridgehead atoms. The normalized spacial score (nSPS) is 12.3.